The van der Waals surface area contributed by atoms with Crippen LogP contribution in [0.5, 0.6) is 0 Å². The van der Waals surface area contributed by atoms with E-state index in [1.165, 1.54) is 22.9 Å². The first-order valence-electron chi connectivity index (χ1n) is 4.83. The summed E-state index contributed by atoms with van der Waals surface area (Å²) in [6.45, 7) is 1.83. The van der Waals surface area contributed by atoms with Crippen molar-refractivity contribution in [3.8, 4) is 5.69 Å². The fourth-order valence-corrected chi connectivity index (χ4v) is 1.98. The van der Waals surface area contributed by atoms with Crippen LogP contribution < -0.4 is 10.9 Å². The molecule has 0 amide bonds. The van der Waals surface area contributed by atoms with Crippen molar-refractivity contribution >= 4 is 15.7 Å². The summed E-state index contributed by atoms with van der Waals surface area (Å²) in [6, 6.07) is 6.05. The Bertz CT molecular complexity index is 661. The van der Waals surface area contributed by atoms with Crippen LogP contribution in [0.4, 0.5) is 5.69 Å². The van der Waals surface area contributed by atoms with Crippen LogP contribution in [0.2, 0.25) is 0 Å². The molecule has 0 aliphatic carbocycles. The molecule has 0 fully saturated rings. The van der Waals surface area contributed by atoms with Gasteiger partial charge >= 0.3 is 0 Å². The van der Waals surface area contributed by atoms with Crippen LogP contribution >= 0.6 is 0 Å². The van der Waals surface area contributed by atoms with Crippen molar-refractivity contribution in [1.82, 2.24) is 9.78 Å². The minimum atomic E-state index is -3.74. The number of nitrogens with zero attached hydrogens (tertiary/aromatic N) is 2. The van der Waals surface area contributed by atoms with Gasteiger partial charge < -0.3 is 5.73 Å². The van der Waals surface area contributed by atoms with Crippen LogP contribution in [0.1, 0.15) is 5.69 Å². The first-order valence-corrected chi connectivity index (χ1v) is 6.37. The molecule has 0 aliphatic heterocycles. The summed E-state index contributed by atoms with van der Waals surface area (Å²) in [5.41, 5.74) is 7.51. The topological polar surface area (TPSA) is 104 Å². The van der Waals surface area contributed by atoms with Gasteiger partial charge in [-0.2, -0.15) is 5.10 Å². The van der Waals surface area contributed by atoms with Gasteiger partial charge in [0.05, 0.1) is 22.0 Å². The predicted molar refractivity (Wildman–Crippen MR) is 64.1 cm³/mol. The number of primary sulfonamides is 1. The Balaban J connectivity index is 2.62. The van der Waals surface area contributed by atoms with Crippen molar-refractivity contribution in [3.63, 3.8) is 0 Å². The first-order chi connectivity index (χ1) is 7.88. The lowest BCUT2D eigenvalue weighted by Gasteiger charge is -2.07. The van der Waals surface area contributed by atoms with Crippen molar-refractivity contribution in [2.45, 2.75) is 11.8 Å². The number of hydrogen-bond donors (Lipinski definition) is 2. The van der Waals surface area contributed by atoms with E-state index in [0.29, 0.717) is 11.4 Å². The normalized spacial score (nSPS) is 11.6. The van der Waals surface area contributed by atoms with Gasteiger partial charge in [0.25, 0.3) is 0 Å². The first kappa shape index (κ1) is 11.6. The van der Waals surface area contributed by atoms with Gasteiger partial charge in [-0.05, 0) is 31.2 Å². The highest BCUT2D eigenvalue weighted by Gasteiger charge is 2.11. The standard InChI is InChI=1S/C10H12N4O2S/c1-7-4-5-14(13-7)10-6-8(17(12,15)16)2-3-9(10)11/h2-6H,11H2,1H3,(H2,12,15,16). The fraction of sp³-hybridized carbons (Fsp3) is 0.100. The highest BCUT2D eigenvalue weighted by atomic mass is 32.2. The number of aromatic nitrogens is 2. The Hall–Kier alpha value is -1.86. The molecule has 17 heavy (non-hydrogen) atoms. The molecule has 1 aromatic heterocycles. The monoisotopic (exact) mass is 252 g/mol. The van der Waals surface area contributed by atoms with Crippen molar-refractivity contribution in [2.75, 3.05) is 5.73 Å². The van der Waals surface area contributed by atoms with E-state index in [1.807, 2.05) is 6.92 Å². The average molecular weight is 252 g/mol. The number of nitrogens with two attached hydrogens (primary N) is 2. The summed E-state index contributed by atoms with van der Waals surface area (Å²) in [6.07, 6.45) is 1.70. The molecule has 7 heteroatoms. The lowest BCUT2D eigenvalue weighted by molar-refractivity contribution is 0.597. The second-order valence-electron chi connectivity index (χ2n) is 3.67. The maximum absolute atomic E-state index is 11.2. The third-order valence-corrected chi connectivity index (χ3v) is 3.21. The van der Waals surface area contributed by atoms with Crippen molar-refractivity contribution in [2.24, 2.45) is 5.14 Å². The third kappa shape index (κ3) is 2.29. The second kappa shape index (κ2) is 3.86. The van der Waals surface area contributed by atoms with Gasteiger partial charge in [-0.1, -0.05) is 0 Å². The molecule has 0 bridgehead atoms. The highest BCUT2D eigenvalue weighted by Crippen LogP contribution is 2.20. The van der Waals surface area contributed by atoms with E-state index in [2.05, 4.69) is 5.10 Å². The van der Waals surface area contributed by atoms with Gasteiger partial charge in [-0.25, -0.2) is 18.2 Å². The van der Waals surface area contributed by atoms with E-state index in [0.717, 1.165) is 5.69 Å². The minimum absolute atomic E-state index is 0.00912. The predicted octanol–water partition coefficient (Wildman–Crippen LogP) is 0.410. The number of benzene rings is 1. The lowest BCUT2D eigenvalue weighted by Crippen LogP contribution is -2.13. The minimum Gasteiger partial charge on any atom is -0.397 e. The number of nitrogen functional groups attached to an aromatic ring is 1. The Morgan fingerprint density at radius 3 is 2.53 bits per heavy atom. The highest BCUT2D eigenvalue weighted by molar-refractivity contribution is 7.89. The Labute approximate surface area is 98.9 Å². The van der Waals surface area contributed by atoms with E-state index in [1.54, 1.807) is 12.3 Å². The molecular weight excluding hydrogens is 240 g/mol. The maximum atomic E-state index is 11.2. The van der Waals surface area contributed by atoms with Crippen molar-refractivity contribution < 1.29 is 8.42 Å². The Morgan fingerprint density at radius 1 is 1.29 bits per heavy atom. The molecule has 0 spiro atoms. The smallest absolute Gasteiger partial charge is 0.238 e. The Kier molecular flexibility index (Phi) is 2.64. The van der Waals surface area contributed by atoms with Crippen LogP contribution in [0, 0.1) is 6.92 Å². The molecule has 90 valence electrons. The molecule has 0 radical (unpaired) electrons. The molecule has 2 aromatic rings. The number of sulfonamides is 1. The third-order valence-electron chi connectivity index (χ3n) is 2.30. The van der Waals surface area contributed by atoms with E-state index >= 15 is 0 Å². The molecule has 4 N–H and O–H groups in total. The number of rotatable bonds is 2. The van der Waals surface area contributed by atoms with Gasteiger partial charge in [0.15, 0.2) is 0 Å². The summed E-state index contributed by atoms with van der Waals surface area (Å²) in [5.74, 6) is 0. The molecule has 1 aromatic carbocycles. The summed E-state index contributed by atoms with van der Waals surface area (Å²) in [5, 5.41) is 9.23. The number of aryl methyl sites for hydroxylation is 1. The van der Waals surface area contributed by atoms with Crippen LogP contribution in [-0.4, -0.2) is 18.2 Å². The summed E-state index contributed by atoms with van der Waals surface area (Å²) < 4.78 is 24.0. The van der Waals surface area contributed by atoms with Crippen LogP contribution in [-0.2, 0) is 10.0 Å². The van der Waals surface area contributed by atoms with Gasteiger partial charge in [0.1, 0.15) is 0 Å². The quantitative estimate of drug-likeness (QED) is 0.755. The van der Waals surface area contributed by atoms with Gasteiger partial charge in [0, 0.05) is 6.20 Å². The maximum Gasteiger partial charge on any atom is 0.238 e. The number of anilines is 1. The van der Waals surface area contributed by atoms with Gasteiger partial charge in [-0.15, -0.1) is 0 Å². The van der Waals surface area contributed by atoms with Crippen LogP contribution in [0.3, 0.4) is 0 Å². The van der Waals surface area contributed by atoms with Crippen molar-refractivity contribution in [3.05, 3.63) is 36.2 Å². The number of hydrogen-bond acceptors (Lipinski definition) is 4. The molecule has 0 aliphatic rings. The largest absolute Gasteiger partial charge is 0.397 e. The van der Waals surface area contributed by atoms with Crippen molar-refractivity contribution in [1.29, 1.82) is 0 Å². The zero-order valence-electron chi connectivity index (χ0n) is 9.16. The fourth-order valence-electron chi connectivity index (χ4n) is 1.45. The zero-order chi connectivity index (χ0) is 12.6. The summed E-state index contributed by atoms with van der Waals surface area (Å²) >= 11 is 0. The van der Waals surface area contributed by atoms with Gasteiger partial charge in [0.2, 0.25) is 10.0 Å². The van der Waals surface area contributed by atoms with Crippen LogP contribution in [0.15, 0.2) is 35.4 Å². The van der Waals surface area contributed by atoms with Crippen LogP contribution in [0.25, 0.3) is 5.69 Å². The SMILES string of the molecule is Cc1ccn(-c2cc(S(N)(=O)=O)ccc2N)n1. The molecule has 0 saturated heterocycles. The zero-order valence-corrected chi connectivity index (χ0v) is 9.98. The van der Waals surface area contributed by atoms with E-state index in [4.69, 9.17) is 10.9 Å². The summed E-state index contributed by atoms with van der Waals surface area (Å²) in [7, 11) is -3.74. The molecule has 0 saturated carbocycles. The molecule has 1 heterocycles. The summed E-state index contributed by atoms with van der Waals surface area (Å²) in [4.78, 5) is 0.00912. The average Bonchev–Trinajstić information content (AvgIpc) is 2.63. The molecular formula is C10H12N4O2S. The van der Waals surface area contributed by atoms with E-state index in [9.17, 15) is 8.42 Å². The molecule has 2 rings (SSSR count). The second-order valence-corrected chi connectivity index (χ2v) is 5.23. The molecule has 0 unspecified atom stereocenters. The van der Waals surface area contributed by atoms with E-state index in [-0.39, 0.29) is 4.90 Å². The molecule has 0 atom stereocenters. The molecule has 6 nitrogen and oxygen atoms in total. The lowest BCUT2D eigenvalue weighted by atomic mass is 10.3. The Morgan fingerprint density at radius 2 is 2.00 bits per heavy atom. The van der Waals surface area contributed by atoms with Gasteiger partial charge in [-0.3, -0.25) is 0 Å². The van der Waals surface area contributed by atoms with E-state index < -0.39 is 10.0 Å².